The Balaban J connectivity index is 1.55. The molecule has 47 heavy (non-hydrogen) atoms. The largest absolute Gasteiger partial charge is 0.507 e. The number of amides is 1. The van der Waals surface area contributed by atoms with Gasteiger partial charge in [-0.05, 0) is 85.8 Å². The van der Waals surface area contributed by atoms with Crippen molar-refractivity contribution in [3.63, 3.8) is 0 Å². The molecule has 1 N–H and O–H groups in total. The SMILES string of the molecule is CCOc1ccc(C(O)=C2C(=O)C(=O)N(c3nnc(SCc4ccc(F)cc4)s3)C2c2ccc(OCCC(C)C)c(OCC)c2)cc1. The molecule has 9 nitrogen and oxygen atoms in total. The van der Waals surface area contributed by atoms with Crippen molar-refractivity contribution in [3.8, 4) is 17.2 Å². The van der Waals surface area contributed by atoms with E-state index in [1.54, 1.807) is 54.6 Å². The number of rotatable bonds is 14. The van der Waals surface area contributed by atoms with Crippen LogP contribution < -0.4 is 19.1 Å². The van der Waals surface area contributed by atoms with Crippen molar-refractivity contribution in [2.45, 2.75) is 50.3 Å². The first-order valence-corrected chi connectivity index (χ1v) is 17.1. The van der Waals surface area contributed by atoms with Crippen LogP contribution in [0.1, 0.15) is 56.8 Å². The van der Waals surface area contributed by atoms with Gasteiger partial charge in [-0.2, -0.15) is 0 Å². The number of thioether (sulfide) groups is 1. The summed E-state index contributed by atoms with van der Waals surface area (Å²) in [6.07, 6.45) is 0.855. The van der Waals surface area contributed by atoms with Crippen LogP contribution in [0.3, 0.4) is 0 Å². The number of aromatic nitrogens is 2. The molecule has 0 radical (unpaired) electrons. The molecule has 1 atom stereocenters. The third kappa shape index (κ3) is 7.94. The van der Waals surface area contributed by atoms with E-state index >= 15 is 0 Å². The first-order valence-electron chi connectivity index (χ1n) is 15.3. The molecule has 2 heterocycles. The summed E-state index contributed by atoms with van der Waals surface area (Å²) >= 11 is 2.53. The van der Waals surface area contributed by atoms with Crippen LogP contribution >= 0.6 is 23.1 Å². The predicted molar refractivity (Wildman–Crippen MR) is 181 cm³/mol. The zero-order chi connectivity index (χ0) is 33.5. The normalized spacial score (nSPS) is 15.8. The van der Waals surface area contributed by atoms with Crippen LogP contribution in [0.25, 0.3) is 5.76 Å². The highest BCUT2D eigenvalue weighted by atomic mass is 32.2. The van der Waals surface area contributed by atoms with Gasteiger partial charge < -0.3 is 19.3 Å². The minimum Gasteiger partial charge on any atom is -0.507 e. The van der Waals surface area contributed by atoms with Crippen molar-refractivity contribution in [1.29, 1.82) is 0 Å². The molecule has 1 aliphatic heterocycles. The van der Waals surface area contributed by atoms with Gasteiger partial charge in [0.2, 0.25) is 5.13 Å². The molecule has 1 aromatic heterocycles. The average Bonchev–Trinajstić information content (AvgIpc) is 3.63. The summed E-state index contributed by atoms with van der Waals surface area (Å²) in [5, 5.41) is 20.3. The van der Waals surface area contributed by atoms with Crippen LogP contribution in [0, 0.1) is 11.7 Å². The van der Waals surface area contributed by atoms with E-state index in [0.29, 0.717) is 64.2 Å². The number of hydrogen-bond donors (Lipinski definition) is 1. The van der Waals surface area contributed by atoms with E-state index in [4.69, 9.17) is 14.2 Å². The summed E-state index contributed by atoms with van der Waals surface area (Å²) in [6.45, 7) is 9.29. The maximum Gasteiger partial charge on any atom is 0.301 e. The van der Waals surface area contributed by atoms with E-state index in [-0.39, 0.29) is 22.3 Å². The number of anilines is 1. The van der Waals surface area contributed by atoms with Crippen LogP contribution in [0.5, 0.6) is 17.2 Å². The molecule has 4 aromatic rings. The zero-order valence-electron chi connectivity index (χ0n) is 26.6. The minimum atomic E-state index is -1.03. The number of aliphatic hydroxyl groups excluding tert-OH is 1. The number of aliphatic hydroxyl groups is 1. The van der Waals surface area contributed by atoms with Crippen molar-refractivity contribution in [1.82, 2.24) is 10.2 Å². The average molecular weight is 678 g/mol. The highest BCUT2D eigenvalue weighted by molar-refractivity contribution is 8.00. The lowest BCUT2D eigenvalue weighted by molar-refractivity contribution is -0.132. The Morgan fingerprint density at radius 1 is 0.957 bits per heavy atom. The smallest absolute Gasteiger partial charge is 0.301 e. The molecule has 1 saturated heterocycles. The molecule has 246 valence electrons. The Hall–Kier alpha value is -4.42. The van der Waals surface area contributed by atoms with Gasteiger partial charge in [0.15, 0.2) is 15.8 Å². The Labute approximate surface area is 281 Å². The molecule has 1 aliphatic rings. The Morgan fingerprint density at radius 2 is 1.68 bits per heavy atom. The van der Waals surface area contributed by atoms with E-state index in [2.05, 4.69) is 24.0 Å². The van der Waals surface area contributed by atoms with Gasteiger partial charge in [0.1, 0.15) is 17.3 Å². The highest BCUT2D eigenvalue weighted by Gasteiger charge is 2.48. The number of benzene rings is 3. The zero-order valence-corrected chi connectivity index (χ0v) is 28.2. The minimum absolute atomic E-state index is 0.0919. The number of nitrogens with zero attached hydrogens (tertiary/aromatic N) is 3. The van der Waals surface area contributed by atoms with E-state index < -0.39 is 17.7 Å². The van der Waals surface area contributed by atoms with Crippen LogP contribution in [0.2, 0.25) is 0 Å². The molecule has 0 aliphatic carbocycles. The molecular weight excluding hydrogens is 642 g/mol. The number of halogens is 1. The van der Waals surface area contributed by atoms with Gasteiger partial charge >= 0.3 is 5.91 Å². The fourth-order valence-electron chi connectivity index (χ4n) is 4.95. The van der Waals surface area contributed by atoms with Crippen molar-refractivity contribution >= 4 is 45.7 Å². The summed E-state index contributed by atoms with van der Waals surface area (Å²) in [4.78, 5) is 28.7. The second-order valence-electron chi connectivity index (χ2n) is 11.1. The summed E-state index contributed by atoms with van der Waals surface area (Å²) in [5.41, 5.74) is 1.67. The lowest BCUT2D eigenvalue weighted by Crippen LogP contribution is -2.29. The highest BCUT2D eigenvalue weighted by Crippen LogP contribution is 2.46. The summed E-state index contributed by atoms with van der Waals surface area (Å²) in [6, 6.07) is 17.0. The van der Waals surface area contributed by atoms with E-state index in [1.807, 2.05) is 13.8 Å². The first kappa shape index (κ1) is 33.9. The molecule has 0 spiro atoms. The maximum absolute atomic E-state index is 13.7. The molecule has 12 heteroatoms. The Morgan fingerprint density at radius 3 is 2.36 bits per heavy atom. The van der Waals surface area contributed by atoms with Crippen molar-refractivity contribution in [3.05, 3.63) is 94.8 Å². The molecule has 0 saturated carbocycles. The van der Waals surface area contributed by atoms with Crippen LogP contribution in [0.15, 0.2) is 76.6 Å². The van der Waals surface area contributed by atoms with Crippen molar-refractivity contribution in [2.24, 2.45) is 5.92 Å². The predicted octanol–water partition coefficient (Wildman–Crippen LogP) is 7.82. The lowest BCUT2D eigenvalue weighted by Gasteiger charge is -2.24. The van der Waals surface area contributed by atoms with Gasteiger partial charge in [0.05, 0.1) is 31.4 Å². The third-order valence-electron chi connectivity index (χ3n) is 7.30. The van der Waals surface area contributed by atoms with Gasteiger partial charge in [-0.1, -0.05) is 55.1 Å². The molecule has 1 fully saturated rings. The molecule has 5 rings (SSSR count). The van der Waals surface area contributed by atoms with E-state index in [1.165, 1.54) is 28.8 Å². The van der Waals surface area contributed by atoms with Gasteiger partial charge in [0.25, 0.3) is 5.78 Å². The summed E-state index contributed by atoms with van der Waals surface area (Å²) in [7, 11) is 0. The quantitative estimate of drug-likeness (QED) is 0.0470. The number of hydrogen-bond acceptors (Lipinski definition) is 10. The second-order valence-corrected chi connectivity index (χ2v) is 13.2. The topological polar surface area (TPSA) is 111 Å². The van der Waals surface area contributed by atoms with Gasteiger partial charge in [-0.25, -0.2) is 4.39 Å². The van der Waals surface area contributed by atoms with Crippen LogP contribution in [0.4, 0.5) is 9.52 Å². The first-order chi connectivity index (χ1) is 22.7. The number of Topliss-reactive ketones (excluding diaryl/α,β-unsaturated/α-hetero) is 1. The van der Waals surface area contributed by atoms with Crippen molar-refractivity contribution in [2.75, 3.05) is 24.7 Å². The molecule has 0 bridgehead atoms. The van der Waals surface area contributed by atoms with Gasteiger partial charge in [-0.3, -0.25) is 14.5 Å². The van der Waals surface area contributed by atoms with E-state index in [0.717, 1.165) is 23.3 Å². The fraction of sp³-hybridized carbons (Fsp3) is 0.314. The van der Waals surface area contributed by atoms with Gasteiger partial charge in [-0.15, -0.1) is 10.2 Å². The van der Waals surface area contributed by atoms with Gasteiger partial charge in [0, 0.05) is 11.3 Å². The fourth-order valence-corrected chi connectivity index (χ4v) is 6.77. The Bertz CT molecular complexity index is 1740. The monoisotopic (exact) mass is 677 g/mol. The lowest BCUT2D eigenvalue weighted by atomic mass is 9.95. The molecule has 3 aromatic carbocycles. The van der Waals surface area contributed by atoms with Crippen LogP contribution in [-0.2, 0) is 15.3 Å². The van der Waals surface area contributed by atoms with Crippen molar-refractivity contribution < 1.29 is 33.3 Å². The summed E-state index contributed by atoms with van der Waals surface area (Å²) < 4.78 is 31.4. The standard InChI is InChI=1S/C35H36FN3O6S2/c1-5-43-26-14-9-23(10-15-26)31(40)29-30(24-11-16-27(28(19-24)44-6-2)45-18-17-21(3)4)39(33(42)32(29)41)34-37-38-35(47-34)46-20-22-7-12-25(36)13-8-22/h7-16,19,21,30,40H,5-6,17-18,20H2,1-4H3. The van der Waals surface area contributed by atoms with Crippen LogP contribution in [-0.4, -0.2) is 46.8 Å². The molecular formula is C35H36FN3O6S2. The third-order valence-corrected chi connectivity index (χ3v) is 9.42. The maximum atomic E-state index is 13.7. The van der Waals surface area contributed by atoms with E-state index in [9.17, 15) is 19.1 Å². The number of carbonyl (C=O) groups is 2. The Kier molecular flexibility index (Phi) is 11.2. The number of ketones is 1. The molecule has 1 amide bonds. The summed E-state index contributed by atoms with van der Waals surface area (Å²) in [5.74, 6) is 0.211. The second kappa shape index (κ2) is 15.4. The molecule has 1 unspecified atom stereocenters. The number of ether oxygens (including phenoxy) is 3. The number of carbonyl (C=O) groups excluding carboxylic acids is 2.